The van der Waals surface area contributed by atoms with Gasteiger partial charge < -0.3 is 5.32 Å². The molecule has 0 aliphatic carbocycles. The van der Waals surface area contributed by atoms with Crippen molar-refractivity contribution >= 4 is 23.2 Å². The highest BCUT2D eigenvalue weighted by Crippen LogP contribution is 2.17. The first-order valence-corrected chi connectivity index (χ1v) is 5.95. The lowest BCUT2D eigenvalue weighted by atomic mass is 10.3. The number of nitrogens with zero attached hydrogens (tertiary/aromatic N) is 2. The third kappa shape index (κ3) is 3.31. The Hall–Kier alpha value is -2.90. The molecule has 0 atom stereocenters. The van der Waals surface area contributed by atoms with Crippen molar-refractivity contribution in [2.24, 2.45) is 0 Å². The third-order valence-electron chi connectivity index (χ3n) is 2.57. The SMILES string of the molecule is CCc1cc(NC(=O)Nc2cccc([N+](=O)[O-])c2)n[nH]1. The molecule has 0 saturated heterocycles. The van der Waals surface area contributed by atoms with Gasteiger partial charge in [-0.05, 0) is 12.5 Å². The van der Waals surface area contributed by atoms with Crippen molar-refractivity contribution in [3.63, 3.8) is 0 Å². The van der Waals surface area contributed by atoms with Crippen LogP contribution in [0.3, 0.4) is 0 Å². The molecule has 20 heavy (non-hydrogen) atoms. The van der Waals surface area contributed by atoms with Crippen molar-refractivity contribution in [1.29, 1.82) is 0 Å². The van der Waals surface area contributed by atoms with E-state index in [2.05, 4.69) is 20.8 Å². The van der Waals surface area contributed by atoms with Crippen LogP contribution in [0.2, 0.25) is 0 Å². The maximum absolute atomic E-state index is 11.7. The predicted octanol–water partition coefficient (Wildman–Crippen LogP) is 2.52. The van der Waals surface area contributed by atoms with Gasteiger partial charge in [-0.1, -0.05) is 13.0 Å². The van der Waals surface area contributed by atoms with Crippen LogP contribution in [0.15, 0.2) is 30.3 Å². The molecule has 0 aliphatic heterocycles. The van der Waals surface area contributed by atoms with Gasteiger partial charge in [-0.25, -0.2) is 4.79 Å². The lowest BCUT2D eigenvalue weighted by Gasteiger charge is -2.04. The first kappa shape index (κ1) is 13.5. The summed E-state index contributed by atoms with van der Waals surface area (Å²) in [6.07, 6.45) is 0.779. The molecule has 2 aromatic rings. The van der Waals surface area contributed by atoms with Crippen LogP contribution in [-0.4, -0.2) is 21.2 Å². The fourth-order valence-electron chi connectivity index (χ4n) is 1.58. The fourth-order valence-corrected chi connectivity index (χ4v) is 1.58. The van der Waals surface area contributed by atoms with Crippen LogP contribution in [-0.2, 0) is 6.42 Å². The van der Waals surface area contributed by atoms with Crippen molar-refractivity contribution in [3.8, 4) is 0 Å². The highest BCUT2D eigenvalue weighted by molar-refractivity contribution is 5.99. The van der Waals surface area contributed by atoms with E-state index in [1.54, 1.807) is 12.1 Å². The predicted molar refractivity (Wildman–Crippen MR) is 73.7 cm³/mol. The Morgan fingerprint density at radius 1 is 1.40 bits per heavy atom. The second kappa shape index (κ2) is 5.83. The summed E-state index contributed by atoms with van der Waals surface area (Å²) in [5, 5.41) is 22.3. The number of nitro groups is 1. The zero-order valence-corrected chi connectivity index (χ0v) is 10.7. The number of aryl methyl sites for hydroxylation is 1. The standard InChI is InChI=1S/C12H13N5O3/c1-2-8-7-11(16-15-8)14-12(18)13-9-4-3-5-10(6-9)17(19)20/h3-7H,2H2,1H3,(H3,13,14,15,16,18). The van der Waals surface area contributed by atoms with Crippen LogP contribution in [0, 0.1) is 10.1 Å². The van der Waals surface area contributed by atoms with Crippen LogP contribution in [0.5, 0.6) is 0 Å². The average molecular weight is 275 g/mol. The summed E-state index contributed by atoms with van der Waals surface area (Å²) in [4.78, 5) is 21.8. The van der Waals surface area contributed by atoms with Crippen LogP contribution in [0.25, 0.3) is 0 Å². The molecular formula is C12H13N5O3. The van der Waals surface area contributed by atoms with Gasteiger partial charge >= 0.3 is 6.03 Å². The molecule has 2 amide bonds. The van der Waals surface area contributed by atoms with Crippen molar-refractivity contribution in [3.05, 3.63) is 46.1 Å². The number of urea groups is 1. The Morgan fingerprint density at radius 2 is 2.20 bits per heavy atom. The zero-order valence-electron chi connectivity index (χ0n) is 10.7. The number of carbonyl (C=O) groups excluding carboxylic acids is 1. The second-order valence-corrected chi connectivity index (χ2v) is 4.02. The molecule has 0 spiro atoms. The number of hydrogen-bond acceptors (Lipinski definition) is 4. The molecule has 0 saturated carbocycles. The Kier molecular flexibility index (Phi) is 3.94. The first-order chi connectivity index (χ1) is 9.58. The lowest BCUT2D eigenvalue weighted by Crippen LogP contribution is -2.19. The molecule has 8 heteroatoms. The minimum absolute atomic E-state index is 0.0872. The molecule has 1 aromatic heterocycles. The number of carbonyl (C=O) groups is 1. The molecule has 0 aliphatic rings. The van der Waals surface area contributed by atoms with E-state index in [-0.39, 0.29) is 5.69 Å². The minimum Gasteiger partial charge on any atom is -0.307 e. The number of nitro benzene ring substituents is 1. The summed E-state index contributed by atoms with van der Waals surface area (Å²) >= 11 is 0. The Labute approximate surface area is 114 Å². The first-order valence-electron chi connectivity index (χ1n) is 5.95. The summed E-state index contributed by atoms with van der Waals surface area (Å²) in [6.45, 7) is 1.96. The number of rotatable bonds is 4. The Morgan fingerprint density at radius 3 is 2.85 bits per heavy atom. The molecular weight excluding hydrogens is 262 g/mol. The van der Waals surface area contributed by atoms with Crippen LogP contribution < -0.4 is 10.6 Å². The highest BCUT2D eigenvalue weighted by Gasteiger charge is 2.09. The number of non-ortho nitro benzene ring substituents is 1. The van der Waals surface area contributed by atoms with Crippen molar-refractivity contribution in [2.45, 2.75) is 13.3 Å². The van der Waals surface area contributed by atoms with E-state index >= 15 is 0 Å². The van der Waals surface area contributed by atoms with Crippen LogP contribution in [0.1, 0.15) is 12.6 Å². The Bertz CT molecular complexity index is 638. The molecule has 0 fully saturated rings. The van der Waals surface area contributed by atoms with Crippen LogP contribution >= 0.6 is 0 Å². The van der Waals surface area contributed by atoms with Crippen molar-refractivity contribution in [1.82, 2.24) is 10.2 Å². The van der Waals surface area contributed by atoms with Gasteiger partial charge in [-0.15, -0.1) is 0 Å². The second-order valence-electron chi connectivity index (χ2n) is 4.02. The number of anilines is 2. The fraction of sp³-hybridized carbons (Fsp3) is 0.167. The quantitative estimate of drug-likeness (QED) is 0.587. The van der Waals surface area contributed by atoms with Gasteiger partial charge in [0, 0.05) is 29.6 Å². The number of amides is 2. The van der Waals surface area contributed by atoms with Crippen molar-refractivity contribution in [2.75, 3.05) is 10.6 Å². The third-order valence-corrected chi connectivity index (χ3v) is 2.57. The van der Waals surface area contributed by atoms with Gasteiger partial charge in [-0.3, -0.25) is 20.5 Å². The van der Waals surface area contributed by atoms with E-state index in [1.165, 1.54) is 18.2 Å². The smallest absolute Gasteiger partial charge is 0.307 e. The molecule has 2 rings (SSSR count). The van der Waals surface area contributed by atoms with E-state index in [1.807, 2.05) is 6.92 Å². The highest BCUT2D eigenvalue weighted by atomic mass is 16.6. The number of aromatic nitrogens is 2. The van der Waals surface area contributed by atoms with E-state index in [0.29, 0.717) is 11.5 Å². The minimum atomic E-state index is -0.523. The van der Waals surface area contributed by atoms with Gasteiger partial charge in [0.05, 0.1) is 4.92 Å². The van der Waals surface area contributed by atoms with Gasteiger partial charge in [0.2, 0.25) is 0 Å². The summed E-state index contributed by atoms with van der Waals surface area (Å²) in [6, 6.07) is 6.89. The number of nitrogens with one attached hydrogen (secondary N) is 3. The average Bonchev–Trinajstić information content (AvgIpc) is 2.86. The molecule has 104 valence electrons. The normalized spacial score (nSPS) is 10.1. The van der Waals surface area contributed by atoms with E-state index < -0.39 is 11.0 Å². The maximum Gasteiger partial charge on any atom is 0.324 e. The molecule has 1 heterocycles. The topological polar surface area (TPSA) is 113 Å². The summed E-state index contributed by atoms with van der Waals surface area (Å²) in [5.74, 6) is 0.393. The molecule has 1 aromatic carbocycles. The van der Waals surface area contributed by atoms with Crippen molar-refractivity contribution < 1.29 is 9.72 Å². The number of hydrogen-bond donors (Lipinski definition) is 3. The zero-order chi connectivity index (χ0) is 14.5. The number of H-pyrrole nitrogens is 1. The number of aromatic amines is 1. The van der Waals surface area contributed by atoms with Gasteiger partial charge in [-0.2, -0.15) is 5.10 Å². The monoisotopic (exact) mass is 275 g/mol. The summed E-state index contributed by atoms with van der Waals surface area (Å²) < 4.78 is 0. The molecule has 3 N–H and O–H groups in total. The summed E-state index contributed by atoms with van der Waals surface area (Å²) in [5.41, 5.74) is 1.15. The maximum atomic E-state index is 11.7. The van der Waals surface area contributed by atoms with E-state index in [0.717, 1.165) is 12.1 Å². The van der Waals surface area contributed by atoms with E-state index in [9.17, 15) is 14.9 Å². The van der Waals surface area contributed by atoms with Crippen LogP contribution in [0.4, 0.5) is 22.0 Å². The Balaban J connectivity index is 2.00. The molecule has 8 nitrogen and oxygen atoms in total. The molecule has 0 unspecified atom stereocenters. The largest absolute Gasteiger partial charge is 0.324 e. The summed E-state index contributed by atoms with van der Waals surface area (Å²) in [7, 11) is 0. The van der Waals surface area contributed by atoms with Gasteiger partial charge in [0.25, 0.3) is 5.69 Å². The molecule has 0 radical (unpaired) electrons. The lowest BCUT2D eigenvalue weighted by molar-refractivity contribution is -0.384. The molecule has 0 bridgehead atoms. The van der Waals surface area contributed by atoms with E-state index in [4.69, 9.17) is 0 Å². The van der Waals surface area contributed by atoms with Gasteiger partial charge in [0.15, 0.2) is 5.82 Å². The van der Waals surface area contributed by atoms with Gasteiger partial charge in [0.1, 0.15) is 0 Å². The number of benzene rings is 1.